The fraction of sp³-hybridized carbons (Fsp3) is 0.296. The minimum Gasteiger partial charge on any atom is -0.497 e. The van der Waals surface area contributed by atoms with E-state index >= 15 is 0 Å². The number of halogens is 1. The zero-order valence-electron chi connectivity index (χ0n) is 19.0. The van der Waals surface area contributed by atoms with Crippen molar-refractivity contribution in [3.8, 4) is 5.75 Å². The molecule has 1 N–H and O–H groups in total. The molecule has 2 aromatic carbocycles. The molecule has 1 unspecified atom stereocenters. The fourth-order valence-electron chi connectivity index (χ4n) is 4.88. The van der Waals surface area contributed by atoms with Gasteiger partial charge in [-0.1, -0.05) is 48.7 Å². The molecule has 176 valence electrons. The van der Waals surface area contributed by atoms with Gasteiger partial charge in [-0.3, -0.25) is 0 Å². The number of ether oxygens (including phenoxy) is 1. The van der Waals surface area contributed by atoms with Crippen molar-refractivity contribution in [1.82, 2.24) is 9.97 Å². The summed E-state index contributed by atoms with van der Waals surface area (Å²) in [6, 6.07) is 21.3. The van der Waals surface area contributed by atoms with Crippen LogP contribution in [-0.2, 0) is 16.3 Å². The average Bonchev–Trinajstić information content (AvgIpc) is 3.53. The number of aromatic nitrogens is 2. The van der Waals surface area contributed by atoms with E-state index in [4.69, 9.17) is 16.3 Å². The number of sulfone groups is 1. The summed E-state index contributed by atoms with van der Waals surface area (Å²) >= 11 is 6.10. The molecule has 34 heavy (non-hydrogen) atoms. The number of pyridine rings is 1. The number of hydrogen-bond donors (Lipinski definition) is 1. The van der Waals surface area contributed by atoms with Crippen LogP contribution in [-0.4, -0.2) is 30.7 Å². The van der Waals surface area contributed by atoms with Crippen LogP contribution in [0.3, 0.4) is 0 Å². The number of aromatic amines is 1. The minimum atomic E-state index is -3.28. The SMILES string of the molecule is COc1ccc(CC(c2ccc(S(=O)(=O)C3CCCC3)cc2)c2cc3ccc(Cl)nc3[nH]2)cc1. The number of H-pyrrole nitrogens is 1. The van der Waals surface area contributed by atoms with E-state index in [0.29, 0.717) is 10.0 Å². The summed E-state index contributed by atoms with van der Waals surface area (Å²) in [5.74, 6) is 0.802. The summed E-state index contributed by atoms with van der Waals surface area (Å²) in [5.41, 5.74) is 3.94. The van der Waals surface area contributed by atoms with Crippen LogP contribution in [0.2, 0.25) is 5.15 Å². The van der Waals surface area contributed by atoms with E-state index in [9.17, 15) is 8.42 Å². The maximum atomic E-state index is 13.0. The van der Waals surface area contributed by atoms with Crippen LogP contribution in [0.1, 0.15) is 48.4 Å². The molecule has 7 heteroatoms. The Kier molecular flexibility index (Phi) is 6.36. The summed E-state index contributed by atoms with van der Waals surface area (Å²) in [5, 5.41) is 1.17. The molecule has 1 saturated carbocycles. The standard InChI is InChI=1S/C27H27ClN2O3S/c1-33-21-11-6-18(7-12-21)16-24(25-17-20-10-15-26(28)30-27(20)29-25)19-8-13-23(14-9-19)34(31,32)22-4-2-3-5-22/h6-15,17,22,24H,2-5,16H2,1H3,(H,29,30). The smallest absolute Gasteiger partial charge is 0.181 e. The topological polar surface area (TPSA) is 72.1 Å². The Bertz CT molecular complexity index is 1390. The van der Waals surface area contributed by atoms with Gasteiger partial charge in [-0.15, -0.1) is 0 Å². The largest absolute Gasteiger partial charge is 0.497 e. The molecule has 5 nitrogen and oxygen atoms in total. The van der Waals surface area contributed by atoms with E-state index in [1.807, 2.05) is 30.3 Å². The molecule has 5 rings (SSSR count). The van der Waals surface area contributed by atoms with E-state index in [2.05, 4.69) is 28.2 Å². The lowest BCUT2D eigenvalue weighted by atomic mass is 9.89. The fourth-order valence-corrected chi connectivity index (χ4v) is 6.88. The first-order chi connectivity index (χ1) is 16.4. The monoisotopic (exact) mass is 494 g/mol. The predicted octanol–water partition coefficient (Wildman–Crippen LogP) is 6.32. The Morgan fingerprint density at radius 1 is 1.03 bits per heavy atom. The maximum absolute atomic E-state index is 13.0. The van der Waals surface area contributed by atoms with Gasteiger partial charge < -0.3 is 9.72 Å². The normalized spacial score (nSPS) is 15.6. The number of methoxy groups -OCH3 is 1. The maximum Gasteiger partial charge on any atom is 0.181 e. The third-order valence-corrected chi connectivity index (χ3v) is 9.28. The van der Waals surface area contributed by atoms with Crippen LogP contribution in [0, 0.1) is 0 Å². The van der Waals surface area contributed by atoms with Crippen molar-refractivity contribution in [2.75, 3.05) is 7.11 Å². The van der Waals surface area contributed by atoms with Gasteiger partial charge in [0.25, 0.3) is 0 Å². The molecule has 1 aliphatic rings. The second-order valence-corrected chi connectivity index (χ2v) is 11.5. The Morgan fingerprint density at radius 2 is 1.74 bits per heavy atom. The molecule has 0 spiro atoms. The van der Waals surface area contributed by atoms with Gasteiger partial charge >= 0.3 is 0 Å². The molecule has 0 radical (unpaired) electrons. The van der Waals surface area contributed by atoms with Crippen molar-refractivity contribution in [3.63, 3.8) is 0 Å². The Morgan fingerprint density at radius 3 is 2.41 bits per heavy atom. The van der Waals surface area contributed by atoms with Gasteiger partial charge in [0, 0.05) is 17.0 Å². The molecule has 0 bridgehead atoms. The highest BCUT2D eigenvalue weighted by atomic mass is 35.5. The van der Waals surface area contributed by atoms with E-state index < -0.39 is 9.84 Å². The number of nitrogens with one attached hydrogen (secondary N) is 1. The highest BCUT2D eigenvalue weighted by Crippen LogP contribution is 2.34. The highest BCUT2D eigenvalue weighted by Gasteiger charge is 2.30. The third kappa shape index (κ3) is 4.57. The second-order valence-electron chi connectivity index (χ2n) is 8.92. The molecule has 4 aromatic rings. The van der Waals surface area contributed by atoms with Crippen molar-refractivity contribution in [3.05, 3.63) is 88.7 Å². The number of benzene rings is 2. The Balaban J connectivity index is 1.51. The van der Waals surface area contributed by atoms with Crippen molar-refractivity contribution in [2.45, 2.75) is 48.2 Å². The van der Waals surface area contributed by atoms with Crippen molar-refractivity contribution < 1.29 is 13.2 Å². The molecule has 0 saturated heterocycles. The lowest BCUT2D eigenvalue weighted by Gasteiger charge is -2.18. The molecule has 1 atom stereocenters. The van der Waals surface area contributed by atoms with E-state index in [0.717, 1.165) is 65.7 Å². The molecule has 1 fully saturated rings. The molecule has 0 amide bonds. The van der Waals surface area contributed by atoms with Crippen molar-refractivity contribution >= 4 is 32.5 Å². The van der Waals surface area contributed by atoms with Gasteiger partial charge in [-0.2, -0.15) is 0 Å². The van der Waals surface area contributed by atoms with Gasteiger partial charge in [-0.25, -0.2) is 13.4 Å². The zero-order chi connectivity index (χ0) is 23.7. The summed E-state index contributed by atoms with van der Waals surface area (Å²) in [4.78, 5) is 8.25. The predicted molar refractivity (Wildman–Crippen MR) is 136 cm³/mol. The first-order valence-corrected chi connectivity index (χ1v) is 13.5. The molecule has 0 aliphatic heterocycles. The number of nitrogens with zero attached hydrogens (tertiary/aromatic N) is 1. The number of rotatable bonds is 7. The average molecular weight is 495 g/mol. The second kappa shape index (κ2) is 9.43. The molecule has 1 aliphatic carbocycles. The highest BCUT2D eigenvalue weighted by molar-refractivity contribution is 7.92. The van der Waals surface area contributed by atoms with Crippen molar-refractivity contribution in [2.24, 2.45) is 0 Å². The van der Waals surface area contributed by atoms with Gasteiger partial charge in [0.05, 0.1) is 17.3 Å². The van der Waals surface area contributed by atoms with E-state index in [1.54, 1.807) is 25.3 Å². The van der Waals surface area contributed by atoms with Crippen LogP contribution < -0.4 is 4.74 Å². The number of fused-ring (bicyclic) bond motifs is 1. The first kappa shape index (κ1) is 22.9. The van der Waals surface area contributed by atoms with E-state index in [1.165, 1.54) is 0 Å². The van der Waals surface area contributed by atoms with E-state index in [-0.39, 0.29) is 11.2 Å². The van der Waals surface area contributed by atoms with Crippen LogP contribution in [0.15, 0.2) is 71.6 Å². The van der Waals surface area contributed by atoms with Gasteiger partial charge in [-0.05, 0) is 72.9 Å². The van der Waals surface area contributed by atoms with Crippen LogP contribution >= 0.6 is 11.6 Å². The summed E-state index contributed by atoms with van der Waals surface area (Å²) in [7, 11) is -1.63. The summed E-state index contributed by atoms with van der Waals surface area (Å²) in [6.07, 6.45) is 4.23. The van der Waals surface area contributed by atoms with Gasteiger partial charge in [0.15, 0.2) is 9.84 Å². The molecule has 2 heterocycles. The molecular formula is C27H27ClN2O3S. The number of hydrogen-bond acceptors (Lipinski definition) is 4. The molecular weight excluding hydrogens is 468 g/mol. The first-order valence-electron chi connectivity index (χ1n) is 11.6. The zero-order valence-corrected chi connectivity index (χ0v) is 20.6. The van der Waals surface area contributed by atoms with Gasteiger partial charge in [0.1, 0.15) is 16.5 Å². The van der Waals surface area contributed by atoms with Crippen molar-refractivity contribution in [1.29, 1.82) is 0 Å². The van der Waals surface area contributed by atoms with Gasteiger partial charge in [0.2, 0.25) is 0 Å². The summed E-state index contributed by atoms with van der Waals surface area (Å²) < 4.78 is 31.4. The quantitative estimate of drug-likeness (QED) is 0.305. The van der Waals surface area contributed by atoms with Crippen LogP contribution in [0.25, 0.3) is 11.0 Å². The molecule has 2 aromatic heterocycles. The lowest BCUT2D eigenvalue weighted by molar-refractivity contribution is 0.414. The lowest BCUT2D eigenvalue weighted by Crippen LogP contribution is -2.17. The summed E-state index contributed by atoms with van der Waals surface area (Å²) in [6.45, 7) is 0. The Hall–Kier alpha value is -2.83. The van der Waals surface area contributed by atoms with Crippen LogP contribution in [0.5, 0.6) is 5.75 Å². The van der Waals surface area contributed by atoms with Crippen LogP contribution in [0.4, 0.5) is 0 Å². The minimum absolute atomic E-state index is 0.00962. The Labute approximate surface area is 205 Å². The third-order valence-electron chi connectivity index (χ3n) is 6.79.